The third-order valence-corrected chi connectivity index (χ3v) is 2.30. The molecule has 0 aliphatic carbocycles. The van der Waals surface area contributed by atoms with E-state index < -0.39 is 0 Å². The molecule has 3 nitrogen and oxygen atoms in total. The van der Waals surface area contributed by atoms with Gasteiger partial charge >= 0.3 is 0 Å². The van der Waals surface area contributed by atoms with E-state index in [1.807, 2.05) is 18.2 Å². The van der Waals surface area contributed by atoms with Gasteiger partial charge in [0.25, 0.3) is 0 Å². The minimum atomic E-state index is 0.297. The largest absolute Gasteiger partial charge is 0.454 e. The van der Waals surface area contributed by atoms with Crippen molar-refractivity contribution in [2.75, 3.05) is 13.8 Å². The molecule has 4 heteroatoms. The van der Waals surface area contributed by atoms with E-state index in [0.29, 0.717) is 11.8 Å². The number of nitrogens with one attached hydrogen (secondary N) is 1. The van der Waals surface area contributed by atoms with E-state index in [-0.39, 0.29) is 0 Å². The van der Waals surface area contributed by atoms with Crippen LogP contribution in [0.15, 0.2) is 18.2 Å². The molecule has 0 fully saturated rings. The van der Waals surface area contributed by atoms with Crippen LogP contribution in [0.1, 0.15) is 5.56 Å². The first-order valence-electron chi connectivity index (χ1n) is 3.93. The first-order valence-corrected chi connectivity index (χ1v) is 4.34. The van der Waals surface area contributed by atoms with Crippen LogP contribution in [0, 0.1) is 0 Å². The number of hydrogen-bond acceptors (Lipinski definition) is 3. The van der Waals surface area contributed by atoms with Crippen LogP contribution in [0.3, 0.4) is 0 Å². The second-order valence-corrected chi connectivity index (χ2v) is 3.06. The van der Waals surface area contributed by atoms with Gasteiger partial charge in [0.2, 0.25) is 6.79 Å². The number of thiocarbonyl (C=S) groups is 1. The maximum absolute atomic E-state index is 5.22. The summed E-state index contributed by atoms with van der Waals surface area (Å²) in [5.41, 5.74) is 0.946. The van der Waals surface area contributed by atoms with Crippen molar-refractivity contribution in [3.05, 3.63) is 23.8 Å². The van der Waals surface area contributed by atoms with Crippen molar-refractivity contribution < 1.29 is 9.47 Å². The van der Waals surface area contributed by atoms with Crippen LogP contribution in [0.4, 0.5) is 0 Å². The molecular formula is C9H9NO2S. The summed E-state index contributed by atoms with van der Waals surface area (Å²) >= 11 is 5.09. The molecule has 0 saturated heterocycles. The lowest BCUT2D eigenvalue weighted by molar-refractivity contribution is 0.174. The van der Waals surface area contributed by atoms with Gasteiger partial charge in [-0.1, -0.05) is 12.2 Å². The van der Waals surface area contributed by atoms with Gasteiger partial charge in [-0.3, -0.25) is 0 Å². The number of fused-ring (bicyclic) bond motifs is 1. The molecule has 1 aromatic rings. The van der Waals surface area contributed by atoms with Gasteiger partial charge in [-0.2, -0.15) is 0 Å². The lowest BCUT2D eigenvalue weighted by Gasteiger charge is -2.03. The summed E-state index contributed by atoms with van der Waals surface area (Å²) in [4.78, 5) is 0.707. The standard InChI is InChI=1S/C9H9NO2S/c1-10-9(13)6-2-3-7-8(4-6)12-5-11-7/h2-4H,5H2,1H3,(H,10,13). The Morgan fingerprint density at radius 2 is 2.15 bits per heavy atom. The zero-order valence-electron chi connectivity index (χ0n) is 7.16. The maximum atomic E-state index is 5.22. The molecule has 1 aliphatic heterocycles. The molecule has 0 aromatic heterocycles. The van der Waals surface area contributed by atoms with E-state index in [1.54, 1.807) is 7.05 Å². The fourth-order valence-electron chi connectivity index (χ4n) is 1.18. The first-order chi connectivity index (χ1) is 6.31. The summed E-state index contributed by atoms with van der Waals surface area (Å²) in [6.07, 6.45) is 0. The van der Waals surface area contributed by atoms with Crippen molar-refractivity contribution in [1.29, 1.82) is 0 Å². The van der Waals surface area contributed by atoms with Gasteiger partial charge in [0.1, 0.15) is 4.99 Å². The Morgan fingerprint density at radius 3 is 2.92 bits per heavy atom. The molecule has 0 amide bonds. The Kier molecular flexibility index (Phi) is 2.06. The summed E-state index contributed by atoms with van der Waals surface area (Å²) in [5, 5.41) is 2.91. The molecule has 0 bridgehead atoms. The molecular weight excluding hydrogens is 186 g/mol. The number of rotatable bonds is 1. The summed E-state index contributed by atoms with van der Waals surface area (Å²) in [6.45, 7) is 0.297. The molecule has 1 N–H and O–H groups in total. The molecule has 2 rings (SSSR count). The van der Waals surface area contributed by atoms with Crippen LogP contribution < -0.4 is 14.8 Å². The van der Waals surface area contributed by atoms with Gasteiger partial charge in [0.05, 0.1) is 0 Å². The van der Waals surface area contributed by atoms with E-state index in [4.69, 9.17) is 21.7 Å². The van der Waals surface area contributed by atoms with E-state index in [9.17, 15) is 0 Å². The first kappa shape index (κ1) is 8.31. The van der Waals surface area contributed by atoms with Crippen LogP contribution >= 0.6 is 12.2 Å². The summed E-state index contributed by atoms with van der Waals surface area (Å²) < 4.78 is 10.4. The number of benzene rings is 1. The normalized spacial score (nSPS) is 12.7. The molecule has 0 spiro atoms. The molecule has 0 unspecified atom stereocenters. The topological polar surface area (TPSA) is 30.5 Å². The third-order valence-electron chi connectivity index (χ3n) is 1.86. The van der Waals surface area contributed by atoms with Crippen LogP contribution in [0.5, 0.6) is 11.5 Å². The van der Waals surface area contributed by atoms with Crippen LogP contribution in [0.2, 0.25) is 0 Å². The minimum Gasteiger partial charge on any atom is -0.454 e. The van der Waals surface area contributed by atoms with E-state index in [1.165, 1.54) is 0 Å². The van der Waals surface area contributed by atoms with Gasteiger partial charge in [0.15, 0.2) is 11.5 Å². The lowest BCUT2D eigenvalue weighted by Crippen LogP contribution is -2.16. The third kappa shape index (κ3) is 1.45. The molecule has 1 aromatic carbocycles. The van der Waals surface area contributed by atoms with Gasteiger partial charge in [-0.25, -0.2) is 0 Å². The highest BCUT2D eigenvalue weighted by Crippen LogP contribution is 2.32. The van der Waals surface area contributed by atoms with Crippen molar-refractivity contribution in [2.45, 2.75) is 0 Å². The maximum Gasteiger partial charge on any atom is 0.231 e. The van der Waals surface area contributed by atoms with Gasteiger partial charge in [0, 0.05) is 12.6 Å². The van der Waals surface area contributed by atoms with Crippen molar-refractivity contribution in [3.63, 3.8) is 0 Å². The smallest absolute Gasteiger partial charge is 0.231 e. The van der Waals surface area contributed by atoms with Gasteiger partial charge in [-0.15, -0.1) is 0 Å². The fraction of sp³-hybridized carbons (Fsp3) is 0.222. The quantitative estimate of drug-likeness (QED) is 0.684. The summed E-state index contributed by atoms with van der Waals surface area (Å²) in [6, 6.07) is 5.65. The average Bonchev–Trinajstić information content (AvgIpc) is 2.63. The predicted octanol–water partition coefficient (Wildman–Crippen LogP) is 1.31. The number of ether oxygens (including phenoxy) is 2. The zero-order chi connectivity index (χ0) is 9.26. The minimum absolute atomic E-state index is 0.297. The fourth-order valence-corrected chi connectivity index (χ4v) is 1.31. The van der Waals surface area contributed by atoms with Crippen molar-refractivity contribution >= 4 is 17.2 Å². The highest BCUT2D eigenvalue weighted by Gasteiger charge is 2.13. The SMILES string of the molecule is CNC(=S)c1ccc2c(c1)OCO2. The molecule has 0 radical (unpaired) electrons. The molecule has 0 atom stereocenters. The molecule has 0 saturated carbocycles. The Bertz CT molecular complexity index is 351. The second-order valence-electron chi connectivity index (χ2n) is 2.65. The highest BCUT2D eigenvalue weighted by molar-refractivity contribution is 7.80. The van der Waals surface area contributed by atoms with Crippen LogP contribution in [-0.2, 0) is 0 Å². The Morgan fingerprint density at radius 1 is 1.38 bits per heavy atom. The predicted molar refractivity (Wildman–Crippen MR) is 53.3 cm³/mol. The van der Waals surface area contributed by atoms with Gasteiger partial charge < -0.3 is 14.8 Å². The van der Waals surface area contributed by atoms with Crippen LogP contribution in [-0.4, -0.2) is 18.8 Å². The monoisotopic (exact) mass is 195 g/mol. The Labute approximate surface area is 81.7 Å². The van der Waals surface area contributed by atoms with E-state index >= 15 is 0 Å². The zero-order valence-corrected chi connectivity index (χ0v) is 7.98. The van der Waals surface area contributed by atoms with Crippen molar-refractivity contribution in [3.8, 4) is 11.5 Å². The van der Waals surface area contributed by atoms with Crippen molar-refractivity contribution in [2.24, 2.45) is 0 Å². The van der Waals surface area contributed by atoms with Crippen molar-refractivity contribution in [1.82, 2.24) is 5.32 Å². The van der Waals surface area contributed by atoms with E-state index in [0.717, 1.165) is 17.1 Å². The molecule has 13 heavy (non-hydrogen) atoms. The highest BCUT2D eigenvalue weighted by atomic mass is 32.1. The second kappa shape index (κ2) is 3.22. The number of hydrogen-bond donors (Lipinski definition) is 1. The Hall–Kier alpha value is -1.29. The Balaban J connectivity index is 2.36. The molecule has 1 heterocycles. The summed E-state index contributed by atoms with van der Waals surface area (Å²) in [7, 11) is 1.80. The average molecular weight is 195 g/mol. The molecule has 1 aliphatic rings. The van der Waals surface area contributed by atoms with Gasteiger partial charge in [-0.05, 0) is 18.2 Å². The molecule has 68 valence electrons. The lowest BCUT2D eigenvalue weighted by atomic mass is 10.2. The van der Waals surface area contributed by atoms with E-state index in [2.05, 4.69) is 5.32 Å². The summed E-state index contributed by atoms with van der Waals surface area (Å²) in [5.74, 6) is 1.54. The van der Waals surface area contributed by atoms with Crippen LogP contribution in [0.25, 0.3) is 0 Å².